The van der Waals surface area contributed by atoms with Crippen LogP contribution in [0.15, 0.2) is 134 Å². The van der Waals surface area contributed by atoms with Gasteiger partial charge in [0.2, 0.25) is 11.8 Å². The van der Waals surface area contributed by atoms with Gasteiger partial charge in [0.25, 0.3) is 0 Å². The normalized spacial score (nSPS) is 17.6. The summed E-state index contributed by atoms with van der Waals surface area (Å²) in [6.45, 7) is 18.6. The van der Waals surface area contributed by atoms with Crippen LogP contribution in [0.3, 0.4) is 0 Å². The molecule has 0 saturated heterocycles. The van der Waals surface area contributed by atoms with Crippen LogP contribution in [0.1, 0.15) is 103 Å². The lowest BCUT2D eigenvalue weighted by Crippen LogP contribution is -2.60. The summed E-state index contributed by atoms with van der Waals surface area (Å²) in [5.41, 5.74) is 16.8. The molecule has 0 radical (unpaired) electrons. The van der Waals surface area contributed by atoms with Crippen molar-refractivity contribution in [3.8, 4) is 62.6 Å². The lowest BCUT2D eigenvalue weighted by Gasteiger charge is -2.42. The maximum atomic E-state index is 6.89. The van der Waals surface area contributed by atoms with Gasteiger partial charge in [0, 0.05) is 45.5 Å². The van der Waals surface area contributed by atoms with Gasteiger partial charge < -0.3 is 14.0 Å². The summed E-state index contributed by atoms with van der Waals surface area (Å²) in [7, 11) is 0. The lowest BCUT2D eigenvalue weighted by molar-refractivity contribution is 0.332. The van der Waals surface area contributed by atoms with Crippen molar-refractivity contribution in [2.75, 3.05) is 0 Å². The van der Waals surface area contributed by atoms with Crippen molar-refractivity contribution in [3.05, 3.63) is 156 Å². The van der Waals surface area contributed by atoms with Crippen molar-refractivity contribution < 1.29 is 9.47 Å². The van der Waals surface area contributed by atoms with Gasteiger partial charge in [-0.1, -0.05) is 128 Å². The average molecular weight is 888 g/mol. The zero-order valence-electron chi connectivity index (χ0n) is 40.2. The van der Waals surface area contributed by atoms with Crippen molar-refractivity contribution in [2.24, 2.45) is 0 Å². The number of rotatable bonds is 4. The molecule has 0 fully saturated rings. The summed E-state index contributed by atoms with van der Waals surface area (Å²) in [6, 6.07) is 43.8. The second kappa shape index (κ2) is 14.2. The number of aromatic nitrogens is 5. The Labute approximate surface area is 398 Å². The highest BCUT2D eigenvalue weighted by Crippen LogP contribution is 2.49. The minimum Gasteiger partial charge on any atom is -0.438 e. The van der Waals surface area contributed by atoms with Crippen molar-refractivity contribution in [1.29, 1.82) is 0 Å². The lowest BCUT2D eigenvalue weighted by atomic mass is 9.38. The highest BCUT2D eigenvalue weighted by atomic mass is 16.5. The van der Waals surface area contributed by atoms with Crippen LogP contribution in [0.25, 0.3) is 61.1 Å². The first kappa shape index (κ1) is 41.2. The summed E-state index contributed by atoms with van der Waals surface area (Å²) >= 11 is 0. The molecule has 68 heavy (non-hydrogen) atoms. The fourth-order valence-corrected chi connectivity index (χ4v) is 11.9. The van der Waals surface area contributed by atoms with E-state index in [1.807, 2.05) is 12.4 Å². The Hall–Kier alpha value is -7.06. The molecule has 0 spiro atoms. The van der Waals surface area contributed by atoms with Crippen LogP contribution in [0, 0.1) is 0 Å². The van der Waals surface area contributed by atoms with Crippen LogP contribution < -0.4 is 26.1 Å². The summed E-state index contributed by atoms with van der Waals surface area (Å²) in [4.78, 5) is 20.9. The molecule has 0 atom stereocenters. The van der Waals surface area contributed by atoms with Crippen molar-refractivity contribution in [1.82, 2.24) is 24.5 Å². The summed E-state index contributed by atoms with van der Waals surface area (Å²) in [5, 5.41) is 2.45. The Bertz CT molecular complexity index is 3400. The zero-order valence-corrected chi connectivity index (χ0v) is 40.2. The van der Waals surface area contributed by atoms with E-state index in [0.717, 1.165) is 74.0 Å². The molecule has 7 nitrogen and oxygen atoms in total. The van der Waals surface area contributed by atoms with Gasteiger partial charge in [-0.25, -0.2) is 0 Å². The van der Waals surface area contributed by atoms with E-state index in [0.29, 0.717) is 29.1 Å². The predicted molar refractivity (Wildman–Crippen MR) is 277 cm³/mol. The molecule has 13 rings (SSSR count). The van der Waals surface area contributed by atoms with Crippen LogP contribution in [-0.4, -0.2) is 31.2 Å². The van der Waals surface area contributed by atoms with Gasteiger partial charge in [-0.3, -0.25) is 9.97 Å². The second-order valence-electron chi connectivity index (χ2n) is 22.4. The van der Waals surface area contributed by atoms with Gasteiger partial charge in [0.15, 0.2) is 5.82 Å². The smallest absolute Gasteiger partial charge is 0.311 e. The molecule has 8 heteroatoms. The number of ether oxygens (including phenoxy) is 2. The average Bonchev–Trinajstić information content (AvgIpc) is 3.68. The third-order valence-electron chi connectivity index (χ3n) is 16.2. The van der Waals surface area contributed by atoms with Gasteiger partial charge in [-0.15, -0.1) is 0 Å². The van der Waals surface area contributed by atoms with E-state index < -0.39 is 6.71 Å². The number of pyridine rings is 2. The largest absolute Gasteiger partial charge is 0.438 e. The Kier molecular flexibility index (Phi) is 8.62. The van der Waals surface area contributed by atoms with Crippen LogP contribution in [0.2, 0.25) is 0 Å². The Balaban J connectivity index is 0.939. The summed E-state index contributed by atoms with van der Waals surface area (Å²) < 4.78 is 16.1. The zero-order chi connectivity index (χ0) is 46.5. The van der Waals surface area contributed by atoms with Gasteiger partial charge >= 0.3 is 6.71 Å². The van der Waals surface area contributed by atoms with E-state index in [2.05, 4.69) is 181 Å². The van der Waals surface area contributed by atoms with E-state index >= 15 is 0 Å². The molecule has 0 bridgehead atoms. The van der Waals surface area contributed by atoms with Crippen molar-refractivity contribution in [3.63, 3.8) is 0 Å². The van der Waals surface area contributed by atoms with Gasteiger partial charge in [-0.2, -0.15) is 9.97 Å². The quantitative estimate of drug-likeness (QED) is 0.164. The van der Waals surface area contributed by atoms with Crippen molar-refractivity contribution in [2.45, 2.75) is 103 Å². The molecule has 2 aliphatic heterocycles. The fourth-order valence-electron chi connectivity index (χ4n) is 11.9. The minimum absolute atomic E-state index is 0.0749. The van der Waals surface area contributed by atoms with Gasteiger partial charge in [0.05, 0.1) is 27.7 Å². The first-order valence-corrected chi connectivity index (χ1v) is 24.3. The van der Waals surface area contributed by atoms with Crippen LogP contribution in [0.5, 0.6) is 23.3 Å². The first-order valence-electron chi connectivity index (χ1n) is 24.3. The Morgan fingerprint density at radius 2 is 0.882 bits per heavy atom. The monoisotopic (exact) mass is 887 g/mol. The molecule has 5 aromatic carbocycles. The highest BCUT2D eigenvalue weighted by molar-refractivity contribution is 6.97. The number of hydrogen-bond donors (Lipinski definition) is 0. The van der Waals surface area contributed by atoms with E-state index in [-0.39, 0.29) is 21.7 Å². The SMILES string of the molecule is CC1(C)CCC(C)(C)c2cc(-c3cnc4c(c3)Oc3nc(-c5ccc(-n6c7ccccc7c7ccccc76)cc5)nc5c3B4c3ncc(-c4ccc6c(c4)C(C)(C)CCC6(C)C)cc3O5)ccc21. The van der Waals surface area contributed by atoms with Gasteiger partial charge in [0.1, 0.15) is 11.5 Å². The molecule has 0 saturated carbocycles. The van der Waals surface area contributed by atoms with Crippen LogP contribution in [0.4, 0.5) is 0 Å². The fraction of sp³-hybridized carbons (Fsp3) is 0.267. The second-order valence-corrected chi connectivity index (χ2v) is 22.4. The maximum absolute atomic E-state index is 6.89. The third kappa shape index (κ3) is 6.18. The number of hydrogen-bond acceptors (Lipinski definition) is 6. The molecule has 334 valence electrons. The molecule has 0 amide bonds. The van der Waals surface area contributed by atoms with E-state index in [4.69, 9.17) is 29.4 Å². The molecule has 6 heterocycles. The summed E-state index contributed by atoms with van der Waals surface area (Å²) in [5.74, 6) is 2.75. The van der Waals surface area contributed by atoms with E-state index in [1.165, 1.54) is 45.9 Å². The molecular formula is C60H54BN5O2. The Morgan fingerprint density at radius 1 is 0.456 bits per heavy atom. The van der Waals surface area contributed by atoms with Crippen molar-refractivity contribution >= 4 is 45.2 Å². The first-order chi connectivity index (χ1) is 32.6. The molecule has 0 N–H and O–H groups in total. The number of benzene rings is 5. The number of nitrogens with zero attached hydrogens (tertiary/aromatic N) is 5. The summed E-state index contributed by atoms with van der Waals surface area (Å²) in [6.07, 6.45) is 8.61. The molecule has 4 aromatic heterocycles. The standard InChI is InChI=1S/C60H54BN5O2/c1-57(2)25-27-59(5,6)45-29-36(19-23-43(45)57)38-31-49-52(62-33-38)61-51-55(67-49)64-54(35-17-21-40(22-18-35)66-47-15-11-9-13-41(47)42-14-10-12-16-48(42)66)65-56(51)68-50-32-39(34-63-53(50)61)37-20-24-44-46(30-37)60(7,8)28-26-58(44,3)4/h9-24,29-34H,25-28H2,1-8H3. The maximum Gasteiger partial charge on any atom is 0.311 e. The predicted octanol–water partition coefficient (Wildman–Crippen LogP) is 12.8. The molecule has 0 unspecified atom stereocenters. The third-order valence-corrected chi connectivity index (χ3v) is 16.2. The molecule has 4 aliphatic rings. The molecule has 9 aromatic rings. The van der Waals surface area contributed by atoms with E-state index in [9.17, 15) is 0 Å². The topological polar surface area (TPSA) is 75.0 Å². The van der Waals surface area contributed by atoms with Gasteiger partial charge in [-0.05, 0) is 129 Å². The highest BCUT2D eigenvalue weighted by Gasteiger charge is 2.46. The number of fused-ring (bicyclic) bond motifs is 9. The Morgan fingerprint density at radius 3 is 1.35 bits per heavy atom. The molecular weight excluding hydrogens is 834 g/mol. The minimum atomic E-state index is -0.395. The molecule has 2 aliphatic carbocycles. The van der Waals surface area contributed by atoms with Crippen LogP contribution >= 0.6 is 0 Å². The van der Waals surface area contributed by atoms with Crippen LogP contribution in [-0.2, 0) is 21.7 Å². The van der Waals surface area contributed by atoms with E-state index in [1.54, 1.807) is 0 Å². The number of para-hydroxylation sites is 2.